The first kappa shape index (κ1) is 17.2. The third kappa shape index (κ3) is 3.94. The van der Waals surface area contributed by atoms with Crippen molar-refractivity contribution in [3.8, 4) is 17.2 Å². The number of nitrogens with zero attached hydrogens (tertiary/aromatic N) is 1. The number of hydrogen-bond acceptors (Lipinski definition) is 7. The zero-order chi connectivity index (χ0) is 17.8. The monoisotopic (exact) mass is 374 g/mol. The molecule has 0 unspecified atom stereocenters. The Bertz CT molecular complexity index is 776. The van der Waals surface area contributed by atoms with Crippen molar-refractivity contribution in [3.05, 3.63) is 40.1 Å². The average molecular weight is 374 g/mol. The van der Waals surface area contributed by atoms with Gasteiger partial charge in [-0.25, -0.2) is 0 Å². The van der Waals surface area contributed by atoms with Gasteiger partial charge >= 0.3 is 0 Å². The van der Waals surface area contributed by atoms with Gasteiger partial charge in [-0.15, -0.1) is 11.3 Å². The topological polar surface area (TPSA) is 61.3 Å². The third-order valence-electron chi connectivity index (χ3n) is 4.43. The van der Waals surface area contributed by atoms with Crippen LogP contribution in [0.3, 0.4) is 0 Å². The van der Waals surface area contributed by atoms with Crippen LogP contribution in [0, 0.1) is 0 Å². The largest absolute Gasteiger partial charge is 0.493 e. The lowest BCUT2D eigenvalue weighted by Gasteiger charge is -2.11. The highest BCUT2D eigenvalue weighted by Crippen LogP contribution is 2.42. The van der Waals surface area contributed by atoms with Crippen molar-refractivity contribution in [2.75, 3.05) is 27.0 Å². The quantitative estimate of drug-likeness (QED) is 0.720. The van der Waals surface area contributed by atoms with Crippen molar-refractivity contribution in [1.82, 2.24) is 5.32 Å². The number of methoxy groups -OCH3 is 1. The second-order valence-electron chi connectivity index (χ2n) is 6.33. The van der Waals surface area contributed by atoms with Crippen LogP contribution >= 0.6 is 11.3 Å². The Morgan fingerprint density at radius 3 is 3.15 bits per heavy atom. The van der Waals surface area contributed by atoms with E-state index >= 15 is 0 Å². The SMILES string of the molecule is COc1cc(C[C@@H]2CC(CNCCc3cccs3)=NO2)cc2c1OCO2. The van der Waals surface area contributed by atoms with Gasteiger partial charge in [0.25, 0.3) is 0 Å². The fourth-order valence-corrected chi connectivity index (χ4v) is 3.87. The fourth-order valence-electron chi connectivity index (χ4n) is 3.16. The lowest BCUT2D eigenvalue weighted by molar-refractivity contribution is 0.0858. The number of hydrogen-bond donors (Lipinski definition) is 1. The van der Waals surface area contributed by atoms with Gasteiger partial charge in [0.1, 0.15) is 6.10 Å². The molecule has 0 spiro atoms. The third-order valence-corrected chi connectivity index (χ3v) is 5.37. The van der Waals surface area contributed by atoms with Crippen LogP contribution in [0.4, 0.5) is 0 Å². The summed E-state index contributed by atoms with van der Waals surface area (Å²) < 4.78 is 16.3. The maximum Gasteiger partial charge on any atom is 0.231 e. The fraction of sp³-hybridized carbons (Fsp3) is 0.421. The zero-order valence-electron chi connectivity index (χ0n) is 14.7. The number of rotatable bonds is 8. The second-order valence-corrected chi connectivity index (χ2v) is 7.36. The summed E-state index contributed by atoms with van der Waals surface area (Å²) in [5.41, 5.74) is 2.16. The zero-order valence-corrected chi connectivity index (χ0v) is 15.5. The number of oxime groups is 1. The Hall–Kier alpha value is -2.25. The Morgan fingerprint density at radius 2 is 2.31 bits per heavy atom. The molecule has 7 heteroatoms. The molecule has 2 aromatic rings. The molecule has 0 fully saturated rings. The van der Waals surface area contributed by atoms with Crippen molar-refractivity contribution < 1.29 is 19.0 Å². The second kappa shape index (κ2) is 7.97. The molecule has 4 rings (SSSR count). The standard InChI is InChI=1S/C19H22N2O4S/c1-22-17-8-13(9-18-19(17)24-12-23-18)7-15-10-14(21-25-15)11-20-5-4-16-3-2-6-26-16/h2-3,6,8-9,15,20H,4-5,7,10-12H2,1H3/t15-/m1/s1. The van der Waals surface area contributed by atoms with E-state index in [2.05, 4.69) is 28.0 Å². The highest BCUT2D eigenvalue weighted by molar-refractivity contribution is 7.09. The molecule has 0 radical (unpaired) electrons. The van der Waals surface area contributed by atoms with Gasteiger partial charge in [-0.05, 0) is 35.6 Å². The summed E-state index contributed by atoms with van der Waals surface area (Å²) in [7, 11) is 1.64. The highest BCUT2D eigenvalue weighted by atomic mass is 32.1. The average Bonchev–Trinajstić information content (AvgIpc) is 3.40. The minimum absolute atomic E-state index is 0.0502. The molecule has 2 aliphatic heterocycles. The van der Waals surface area contributed by atoms with Gasteiger partial charge < -0.3 is 24.4 Å². The molecule has 1 aromatic carbocycles. The molecule has 3 heterocycles. The van der Waals surface area contributed by atoms with Crippen molar-refractivity contribution in [1.29, 1.82) is 0 Å². The summed E-state index contributed by atoms with van der Waals surface area (Å²) in [5.74, 6) is 2.11. The molecule has 2 aliphatic rings. The van der Waals surface area contributed by atoms with Crippen LogP contribution in [0.2, 0.25) is 0 Å². The number of benzene rings is 1. The summed E-state index contributed by atoms with van der Waals surface area (Å²) in [4.78, 5) is 7.00. The summed E-state index contributed by atoms with van der Waals surface area (Å²) in [6, 6.07) is 8.22. The van der Waals surface area contributed by atoms with Gasteiger partial charge in [0.2, 0.25) is 12.5 Å². The molecule has 0 saturated heterocycles. The highest BCUT2D eigenvalue weighted by Gasteiger charge is 2.24. The van der Waals surface area contributed by atoms with E-state index in [-0.39, 0.29) is 12.9 Å². The Labute approximate surface area is 156 Å². The van der Waals surface area contributed by atoms with Crippen molar-refractivity contribution in [2.24, 2.45) is 5.16 Å². The van der Waals surface area contributed by atoms with Crippen molar-refractivity contribution in [2.45, 2.75) is 25.4 Å². The Morgan fingerprint density at radius 1 is 1.35 bits per heavy atom. The van der Waals surface area contributed by atoms with E-state index in [4.69, 9.17) is 19.0 Å². The van der Waals surface area contributed by atoms with Crippen LogP contribution in [0.15, 0.2) is 34.8 Å². The van der Waals surface area contributed by atoms with Gasteiger partial charge in [-0.2, -0.15) is 0 Å². The number of ether oxygens (including phenoxy) is 3. The van der Waals surface area contributed by atoms with E-state index in [9.17, 15) is 0 Å². The van der Waals surface area contributed by atoms with Crippen LogP contribution in [0.5, 0.6) is 17.2 Å². The van der Waals surface area contributed by atoms with Crippen molar-refractivity contribution in [3.63, 3.8) is 0 Å². The van der Waals surface area contributed by atoms with E-state index in [1.807, 2.05) is 12.1 Å². The number of fused-ring (bicyclic) bond motifs is 1. The van der Waals surface area contributed by atoms with Gasteiger partial charge in [0.15, 0.2) is 11.5 Å². The first-order valence-corrected chi connectivity index (χ1v) is 9.61. The van der Waals surface area contributed by atoms with Gasteiger partial charge in [-0.1, -0.05) is 11.2 Å². The molecule has 26 heavy (non-hydrogen) atoms. The smallest absolute Gasteiger partial charge is 0.231 e. The van der Waals surface area contributed by atoms with E-state index in [0.717, 1.165) is 49.4 Å². The van der Waals surface area contributed by atoms with E-state index < -0.39 is 0 Å². The Kier molecular flexibility index (Phi) is 5.26. The maximum absolute atomic E-state index is 5.60. The lowest BCUT2D eigenvalue weighted by atomic mass is 10.0. The van der Waals surface area contributed by atoms with Crippen LogP contribution in [0.1, 0.15) is 16.9 Å². The Balaban J connectivity index is 1.25. The normalized spacial score (nSPS) is 17.9. The van der Waals surface area contributed by atoms with Crippen LogP contribution in [0.25, 0.3) is 0 Å². The molecule has 0 bridgehead atoms. The first-order valence-electron chi connectivity index (χ1n) is 8.73. The van der Waals surface area contributed by atoms with E-state index in [1.165, 1.54) is 4.88 Å². The summed E-state index contributed by atoms with van der Waals surface area (Å²) in [6.45, 7) is 1.95. The molecule has 1 N–H and O–H groups in total. The van der Waals surface area contributed by atoms with E-state index in [0.29, 0.717) is 11.5 Å². The summed E-state index contributed by atoms with van der Waals surface area (Å²) in [6.07, 6.45) is 2.69. The van der Waals surface area contributed by atoms with Gasteiger partial charge in [0, 0.05) is 30.8 Å². The predicted molar refractivity (Wildman–Crippen MR) is 101 cm³/mol. The van der Waals surface area contributed by atoms with Crippen LogP contribution in [-0.2, 0) is 17.7 Å². The molecular formula is C19H22N2O4S. The molecular weight excluding hydrogens is 352 g/mol. The molecule has 0 saturated carbocycles. The first-order chi connectivity index (χ1) is 12.8. The molecule has 0 aliphatic carbocycles. The lowest BCUT2D eigenvalue weighted by Crippen LogP contribution is -2.25. The molecule has 0 amide bonds. The molecule has 1 aromatic heterocycles. The van der Waals surface area contributed by atoms with Gasteiger partial charge in [-0.3, -0.25) is 0 Å². The van der Waals surface area contributed by atoms with E-state index in [1.54, 1.807) is 18.4 Å². The number of thiophene rings is 1. The summed E-state index contributed by atoms with van der Waals surface area (Å²) >= 11 is 1.79. The molecule has 6 nitrogen and oxygen atoms in total. The minimum atomic E-state index is 0.0502. The predicted octanol–water partition coefficient (Wildman–Crippen LogP) is 3.01. The molecule has 138 valence electrons. The van der Waals surface area contributed by atoms with Crippen LogP contribution < -0.4 is 19.5 Å². The number of nitrogens with one attached hydrogen (secondary N) is 1. The van der Waals surface area contributed by atoms with Crippen LogP contribution in [-0.4, -0.2) is 38.8 Å². The molecule has 1 atom stereocenters. The maximum atomic E-state index is 5.60. The van der Waals surface area contributed by atoms with Gasteiger partial charge in [0.05, 0.1) is 12.8 Å². The van der Waals surface area contributed by atoms with Crippen molar-refractivity contribution >= 4 is 17.0 Å². The minimum Gasteiger partial charge on any atom is -0.493 e. The summed E-state index contributed by atoms with van der Waals surface area (Å²) in [5, 5.41) is 9.79.